The molecule has 1 rings (SSSR count). The van der Waals surface area contributed by atoms with E-state index in [-0.39, 0.29) is 26.1 Å². The van der Waals surface area contributed by atoms with Gasteiger partial charge < -0.3 is 20.1 Å². The maximum absolute atomic E-state index is 12.3. The minimum absolute atomic E-state index is 0.0241. The highest BCUT2D eigenvalue weighted by Gasteiger charge is 2.23. The summed E-state index contributed by atoms with van der Waals surface area (Å²) in [6.07, 6.45) is 0.147. The van der Waals surface area contributed by atoms with Crippen molar-refractivity contribution in [3.8, 4) is 0 Å². The van der Waals surface area contributed by atoms with Crippen molar-refractivity contribution < 1.29 is 23.9 Å². The molecule has 0 aliphatic carbocycles. The third-order valence-corrected chi connectivity index (χ3v) is 3.25. The third kappa shape index (κ3) is 6.28. The van der Waals surface area contributed by atoms with E-state index in [2.05, 4.69) is 10.6 Å². The Hall–Kier alpha value is -2.57. The Morgan fingerprint density at radius 1 is 1.04 bits per heavy atom. The van der Waals surface area contributed by atoms with Crippen LogP contribution in [0.5, 0.6) is 0 Å². The number of hydrogen-bond donors (Lipinski definition) is 2. The number of esters is 2. The fraction of sp³-hybridized carbons (Fsp3) is 0.471. The average Bonchev–Trinajstić information content (AvgIpc) is 2.58. The summed E-state index contributed by atoms with van der Waals surface area (Å²) in [6.45, 7) is 3.85. The lowest BCUT2D eigenvalue weighted by Gasteiger charge is -2.17. The molecule has 1 amide bonds. The van der Waals surface area contributed by atoms with E-state index < -0.39 is 23.9 Å². The molecular formula is C17H24N2O5. The van der Waals surface area contributed by atoms with Crippen LogP contribution in [0.15, 0.2) is 24.3 Å². The van der Waals surface area contributed by atoms with E-state index in [0.29, 0.717) is 5.56 Å². The molecule has 1 unspecified atom stereocenters. The molecule has 1 atom stereocenters. The Bertz CT molecular complexity index is 557. The minimum Gasteiger partial charge on any atom is -0.466 e. The van der Waals surface area contributed by atoms with Crippen LogP contribution in [-0.4, -0.2) is 44.1 Å². The second kappa shape index (κ2) is 10.3. The number of carbonyl (C=O) groups excluding carboxylic acids is 3. The molecule has 7 heteroatoms. The van der Waals surface area contributed by atoms with Crippen LogP contribution in [0, 0.1) is 0 Å². The summed E-state index contributed by atoms with van der Waals surface area (Å²) in [5, 5.41) is 5.57. The lowest BCUT2D eigenvalue weighted by atomic mass is 10.1. The molecule has 0 heterocycles. The Kier molecular flexibility index (Phi) is 8.32. The molecule has 0 aromatic heterocycles. The largest absolute Gasteiger partial charge is 0.466 e. The summed E-state index contributed by atoms with van der Waals surface area (Å²) in [7, 11) is 1.78. The smallest absolute Gasteiger partial charge is 0.328 e. The second-order valence-electron chi connectivity index (χ2n) is 4.95. The molecule has 7 nitrogen and oxygen atoms in total. The molecule has 0 spiro atoms. The zero-order valence-electron chi connectivity index (χ0n) is 14.3. The third-order valence-electron chi connectivity index (χ3n) is 3.25. The van der Waals surface area contributed by atoms with Gasteiger partial charge in [-0.15, -0.1) is 0 Å². The van der Waals surface area contributed by atoms with Crippen LogP contribution in [0.25, 0.3) is 0 Å². The fourth-order valence-corrected chi connectivity index (χ4v) is 2.02. The number of benzene rings is 1. The highest BCUT2D eigenvalue weighted by Crippen LogP contribution is 2.10. The molecule has 0 radical (unpaired) electrons. The number of carbonyl (C=O) groups is 3. The van der Waals surface area contributed by atoms with Crippen molar-refractivity contribution in [2.24, 2.45) is 0 Å². The normalized spacial score (nSPS) is 11.3. The van der Waals surface area contributed by atoms with Crippen molar-refractivity contribution in [1.82, 2.24) is 5.32 Å². The standard InChI is InChI=1S/C17H24N2O5/c1-4-23-15(20)11-10-14(17(22)24-5-2)19-16(21)12-6-8-13(18-3)9-7-12/h6-9,14,18H,4-5,10-11H2,1-3H3,(H,19,21). The molecule has 0 saturated carbocycles. The first-order chi connectivity index (χ1) is 11.5. The molecule has 132 valence electrons. The van der Waals surface area contributed by atoms with Crippen LogP contribution in [0.2, 0.25) is 0 Å². The first kappa shape index (κ1) is 19.5. The highest BCUT2D eigenvalue weighted by atomic mass is 16.5. The lowest BCUT2D eigenvalue weighted by Crippen LogP contribution is -2.42. The van der Waals surface area contributed by atoms with Gasteiger partial charge in [-0.1, -0.05) is 0 Å². The first-order valence-electron chi connectivity index (χ1n) is 7.92. The number of ether oxygens (including phenoxy) is 2. The second-order valence-corrected chi connectivity index (χ2v) is 4.95. The SMILES string of the molecule is CCOC(=O)CCC(NC(=O)c1ccc(NC)cc1)C(=O)OCC. The Balaban J connectivity index is 2.72. The van der Waals surface area contributed by atoms with E-state index >= 15 is 0 Å². The molecule has 0 fully saturated rings. The van der Waals surface area contributed by atoms with Gasteiger partial charge in [-0.25, -0.2) is 4.79 Å². The summed E-state index contributed by atoms with van der Waals surface area (Å²) in [5.41, 5.74) is 1.29. The zero-order valence-corrected chi connectivity index (χ0v) is 14.3. The van der Waals surface area contributed by atoms with Gasteiger partial charge in [-0.3, -0.25) is 9.59 Å². The topological polar surface area (TPSA) is 93.7 Å². The number of amides is 1. The number of nitrogens with one attached hydrogen (secondary N) is 2. The quantitative estimate of drug-likeness (QED) is 0.667. The van der Waals surface area contributed by atoms with Crippen LogP contribution < -0.4 is 10.6 Å². The van der Waals surface area contributed by atoms with Crippen LogP contribution >= 0.6 is 0 Å². The van der Waals surface area contributed by atoms with E-state index in [1.807, 2.05) is 0 Å². The van der Waals surface area contributed by atoms with Gasteiger partial charge >= 0.3 is 11.9 Å². The number of rotatable bonds is 9. The Morgan fingerprint density at radius 2 is 1.67 bits per heavy atom. The van der Waals surface area contributed by atoms with Gasteiger partial charge in [0, 0.05) is 24.7 Å². The van der Waals surface area contributed by atoms with E-state index in [9.17, 15) is 14.4 Å². The first-order valence-corrected chi connectivity index (χ1v) is 7.92. The van der Waals surface area contributed by atoms with Crippen molar-refractivity contribution in [3.63, 3.8) is 0 Å². The van der Waals surface area contributed by atoms with Crippen LogP contribution in [0.1, 0.15) is 37.0 Å². The fourth-order valence-electron chi connectivity index (χ4n) is 2.02. The van der Waals surface area contributed by atoms with E-state index in [0.717, 1.165) is 5.69 Å². The Labute approximate surface area is 141 Å². The lowest BCUT2D eigenvalue weighted by molar-refractivity contribution is -0.146. The van der Waals surface area contributed by atoms with Crippen LogP contribution in [0.3, 0.4) is 0 Å². The summed E-state index contributed by atoms with van der Waals surface area (Å²) in [5.74, 6) is -1.39. The van der Waals surface area contributed by atoms with E-state index in [1.54, 1.807) is 45.2 Å². The number of hydrogen-bond acceptors (Lipinski definition) is 6. The van der Waals surface area contributed by atoms with Gasteiger partial charge in [0.2, 0.25) is 0 Å². The van der Waals surface area contributed by atoms with Gasteiger partial charge in [0.1, 0.15) is 6.04 Å². The van der Waals surface area contributed by atoms with E-state index in [4.69, 9.17) is 9.47 Å². The monoisotopic (exact) mass is 336 g/mol. The van der Waals surface area contributed by atoms with Crippen molar-refractivity contribution in [2.75, 3.05) is 25.6 Å². The average molecular weight is 336 g/mol. The molecule has 2 N–H and O–H groups in total. The maximum atomic E-state index is 12.3. The summed E-state index contributed by atoms with van der Waals surface area (Å²) in [6, 6.07) is 5.91. The highest BCUT2D eigenvalue weighted by molar-refractivity contribution is 5.97. The molecule has 0 aliphatic rings. The van der Waals surface area contributed by atoms with Gasteiger partial charge in [0.05, 0.1) is 13.2 Å². The predicted molar refractivity (Wildman–Crippen MR) is 89.7 cm³/mol. The van der Waals surface area contributed by atoms with Crippen LogP contribution in [0.4, 0.5) is 5.69 Å². The molecule has 0 bridgehead atoms. The van der Waals surface area contributed by atoms with Crippen molar-refractivity contribution >= 4 is 23.5 Å². The van der Waals surface area contributed by atoms with Crippen molar-refractivity contribution in [1.29, 1.82) is 0 Å². The molecule has 24 heavy (non-hydrogen) atoms. The zero-order chi connectivity index (χ0) is 17.9. The van der Waals surface area contributed by atoms with Crippen molar-refractivity contribution in [3.05, 3.63) is 29.8 Å². The number of anilines is 1. The molecule has 0 aliphatic heterocycles. The molecule has 1 aromatic carbocycles. The predicted octanol–water partition coefficient (Wildman–Crippen LogP) is 1.73. The minimum atomic E-state index is -0.897. The van der Waals surface area contributed by atoms with Crippen LogP contribution in [-0.2, 0) is 19.1 Å². The van der Waals surface area contributed by atoms with E-state index in [1.165, 1.54) is 0 Å². The molecule has 0 saturated heterocycles. The molecule has 1 aromatic rings. The van der Waals surface area contributed by atoms with Crippen molar-refractivity contribution in [2.45, 2.75) is 32.7 Å². The summed E-state index contributed by atoms with van der Waals surface area (Å²) in [4.78, 5) is 35.7. The van der Waals surface area contributed by atoms with Gasteiger partial charge in [-0.05, 0) is 44.5 Å². The van der Waals surface area contributed by atoms with Gasteiger partial charge in [-0.2, -0.15) is 0 Å². The summed E-state index contributed by atoms with van der Waals surface area (Å²) >= 11 is 0. The molecular weight excluding hydrogens is 312 g/mol. The summed E-state index contributed by atoms with van der Waals surface area (Å²) < 4.78 is 9.79. The van der Waals surface area contributed by atoms with Gasteiger partial charge in [0.25, 0.3) is 5.91 Å². The Morgan fingerprint density at radius 3 is 2.21 bits per heavy atom. The maximum Gasteiger partial charge on any atom is 0.328 e. The van der Waals surface area contributed by atoms with Gasteiger partial charge in [0.15, 0.2) is 0 Å².